The molecule has 0 saturated heterocycles. The largest absolute Gasteiger partial charge is 0.265 e. The fourth-order valence-corrected chi connectivity index (χ4v) is 5.85. The van der Waals surface area contributed by atoms with E-state index in [0.717, 1.165) is 33.4 Å². The number of rotatable bonds is 5. The molecule has 2 heterocycles. The molecule has 0 aliphatic rings. The number of aromatic nitrogens is 4. The average Bonchev–Trinajstić information content (AvgIpc) is 3.11. The molecule has 6 aromatic carbocycles. The number of benzene rings is 6. The van der Waals surface area contributed by atoms with Crippen LogP contribution >= 0.6 is 0 Å². The van der Waals surface area contributed by atoms with E-state index in [1.54, 1.807) is 0 Å². The molecule has 8 rings (SSSR count). The Morgan fingerprint density at radius 3 is 1.59 bits per heavy atom. The minimum absolute atomic E-state index is 0.640. The maximum Gasteiger partial charge on any atom is 0.164 e. The van der Waals surface area contributed by atoms with Crippen molar-refractivity contribution in [1.29, 1.82) is 0 Å². The molecule has 4 heteroatoms. The molecule has 0 saturated carbocycles. The lowest BCUT2D eigenvalue weighted by molar-refractivity contribution is 1.07. The van der Waals surface area contributed by atoms with Gasteiger partial charge in [0.1, 0.15) is 0 Å². The van der Waals surface area contributed by atoms with E-state index in [0.29, 0.717) is 17.5 Å². The quantitative estimate of drug-likeness (QED) is 0.196. The topological polar surface area (TPSA) is 51.6 Å². The first-order valence-corrected chi connectivity index (χ1v) is 14.6. The smallest absolute Gasteiger partial charge is 0.164 e. The second kappa shape index (κ2) is 11.0. The van der Waals surface area contributed by atoms with Gasteiger partial charge in [0.15, 0.2) is 17.5 Å². The lowest BCUT2D eigenvalue weighted by Crippen LogP contribution is -2.00. The van der Waals surface area contributed by atoms with Gasteiger partial charge in [-0.15, -0.1) is 0 Å². The second-order valence-corrected chi connectivity index (χ2v) is 10.8. The monoisotopic (exact) mass is 562 g/mol. The molecular formula is C40H26N4. The van der Waals surface area contributed by atoms with Gasteiger partial charge in [0.05, 0.1) is 0 Å². The third kappa shape index (κ3) is 4.79. The summed E-state index contributed by atoms with van der Waals surface area (Å²) in [7, 11) is 0. The zero-order valence-corrected chi connectivity index (χ0v) is 23.8. The fraction of sp³-hybridized carbons (Fsp3) is 0. The highest BCUT2D eigenvalue weighted by atomic mass is 15.0. The minimum atomic E-state index is 0.640. The van der Waals surface area contributed by atoms with Gasteiger partial charge in [0, 0.05) is 29.1 Å². The molecule has 2 aromatic heterocycles. The third-order valence-electron chi connectivity index (χ3n) is 7.99. The predicted octanol–water partition coefficient (Wildman–Crippen LogP) is 9.91. The summed E-state index contributed by atoms with van der Waals surface area (Å²) in [5.74, 6) is 1.94. The first-order valence-electron chi connectivity index (χ1n) is 14.6. The summed E-state index contributed by atoms with van der Waals surface area (Å²) < 4.78 is 0. The summed E-state index contributed by atoms with van der Waals surface area (Å²) >= 11 is 0. The highest BCUT2D eigenvalue weighted by Crippen LogP contribution is 2.39. The van der Waals surface area contributed by atoms with Gasteiger partial charge in [-0.1, -0.05) is 115 Å². The van der Waals surface area contributed by atoms with E-state index >= 15 is 0 Å². The summed E-state index contributed by atoms with van der Waals surface area (Å²) in [6, 6.07) is 50.4. The van der Waals surface area contributed by atoms with Crippen molar-refractivity contribution in [2.45, 2.75) is 0 Å². The van der Waals surface area contributed by atoms with Crippen LogP contribution in [0.5, 0.6) is 0 Å². The van der Waals surface area contributed by atoms with Crippen molar-refractivity contribution in [2.24, 2.45) is 0 Å². The van der Waals surface area contributed by atoms with Gasteiger partial charge in [0.2, 0.25) is 0 Å². The molecule has 0 fully saturated rings. The van der Waals surface area contributed by atoms with Crippen LogP contribution in [0.1, 0.15) is 0 Å². The Kier molecular flexibility index (Phi) is 6.43. The van der Waals surface area contributed by atoms with Crippen LogP contribution in [0.15, 0.2) is 158 Å². The summed E-state index contributed by atoms with van der Waals surface area (Å²) in [6.07, 6.45) is 3.68. The lowest BCUT2D eigenvalue weighted by atomic mass is 9.89. The van der Waals surface area contributed by atoms with E-state index in [9.17, 15) is 0 Å². The molecule has 0 N–H and O–H groups in total. The molecule has 0 spiro atoms. The Bertz CT molecular complexity index is 2210. The number of pyridine rings is 1. The Hall–Kier alpha value is -6.00. The first-order chi connectivity index (χ1) is 21.8. The zero-order chi connectivity index (χ0) is 29.3. The third-order valence-corrected chi connectivity index (χ3v) is 7.99. The van der Waals surface area contributed by atoms with E-state index in [-0.39, 0.29) is 0 Å². The average molecular weight is 563 g/mol. The molecule has 0 bridgehead atoms. The van der Waals surface area contributed by atoms with Crippen molar-refractivity contribution < 1.29 is 0 Å². The SMILES string of the molecule is c1ccc(-c2nc(-c3ccccc3)nc(-c3cccc(-c4c5ccccc5cc5ccc(-c6ccncc6)cc45)c3)n2)cc1. The van der Waals surface area contributed by atoms with Crippen molar-refractivity contribution in [2.75, 3.05) is 0 Å². The molecule has 0 aliphatic carbocycles. The number of hydrogen-bond donors (Lipinski definition) is 0. The molecule has 0 unspecified atom stereocenters. The van der Waals surface area contributed by atoms with Crippen LogP contribution in [0.2, 0.25) is 0 Å². The van der Waals surface area contributed by atoms with Gasteiger partial charge >= 0.3 is 0 Å². The molecule has 4 nitrogen and oxygen atoms in total. The van der Waals surface area contributed by atoms with Gasteiger partial charge in [-0.2, -0.15) is 0 Å². The Labute approximate surface area is 255 Å². The fourth-order valence-electron chi connectivity index (χ4n) is 5.85. The van der Waals surface area contributed by atoms with Crippen LogP contribution in [0, 0.1) is 0 Å². The van der Waals surface area contributed by atoms with Crippen molar-refractivity contribution in [1.82, 2.24) is 19.9 Å². The molecule has 44 heavy (non-hydrogen) atoms. The second-order valence-electron chi connectivity index (χ2n) is 10.8. The van der Waals surface area contributed by atoms with Gasteiger partial charge in [-0.05, 0) is 74.1 Å². The summed E-state index contributed by atoms with van der Waals surface area (Å²) in [5.41, 5.74) is 7.44. The van der Waals surface area contributed by atoms with Gasteiger partial charge in [-0.3, -0.25) is 4.98 Å². The normalized spacial score (nSPS) is 11.2. The highest BCUT2D eigenvalue weighted by molar-refractivity contribution is 6.13. The maximum atomic E-state index is 4.98. The van der Waals surface area contributed by atoms with Crippen molar-refractivity contribution in [3.63, 3.8) is 0 Å². The van der Waals surface area contributed by atoms with Gasteiger partial charge in [-0.25, -0.2) is 15.0 Å². The van der Waals surface area contributed by atoms with Crippen LogP contribution in [0.25, 0.3) is 78.0 Å². The van der Waals surface area contributed by atoms with E-state index < -0.39 is 0 Å². The summed E-state index contributed by atoms with van der Waals surface area (Å²) in [5, 5.41) is 4.80. The Morgan fingerprint density at radius 1 is 0.318 bits per heavy atom. The van der Waals surface area contributed by atoms with Gasteiger partial charge in [0.25, 0.3) is 0 Å². The molecule has 8 aromatic rings. The number of hydrogen-bond acceptors (Lipinski definition) is 4. The molecule has 0 atom stereocenters. The van der Waals surface area contributed by atoms with Crippen LogP contribution in [0.3, 0.4) is 0 Å². The van der Waals surface area contributed by atoms with E-state index in [4.69, 9.17) is 15.0 Å². The Balaban J connectivity index is 1.34. The zero-order valence-electron chi connectivity index (χ0n) is 23.8. The van der Waals surface area contributed by atoms with Crippen LogP contribution in [0.4, 0.5) is 0 Å². The number of nitrogens with zero attached hydrogens (tertiary/aromatic N) is 4. The Morgan fingerprint density at radius 2 is 0.886 bits per heavy atom. The molecule has 206 valence electrons. The van der Waals surface area contributed by atoms with Gasteiger partial charge < -0.3 is 0 Å². The molecule has 0 aliphatic heterocycles. The van der Waals surface area contributed by atoms with Crippen LogP contribution in [-0.2, 0) is 0 Å². The minimum Gasteiger partial charge on any atom is -0.265 e. The summed E-state index contributed by atoms with van der Waals surface area (Å²) in [6.45, 7) is 0. The summed E-state index contributed by atoms with van der Waals surface area (Å²) in [4.78, 5) is 19.1. The van der Waals surface area contributed by atoms with E-state index in [1.807, 2.05) is 73.1 Å². The standard InChI is InChI=1S/C40H26N4/c1-3-10-28(11-4-1)38-42-39(29-12-5-2-6-13-29)44-40(43-38)34-16-9-15-33(25-34)37-35-17-8-7-14-31(35)24-32-19-18-30(26-36(32)37)27-20-22-41-23-21-27/h1-26H. The number of fused-ring (bicyclic) bond motifs is 2. The van der Waals surface area contributed by atoms with Crippen molar-refractivity contribution in [3.8, 4) is 56.4 Å². The van der Waals surface area contributed by atoms with E-state index in [1.165, 1.54) is 27.1 Å². The van der Waals surface area contributed by atoms with Crippen LogP contribution < -0.4 is 0 Å². The maximum absolute atomic E-state index is 4.98. The van der Waals surface area contributed by atoms with Crippen molar-refractivity contribution >= 4 is 21.5 Å². The molecule has 0 amide bonds. The molecule has 0 radical (unpaired) electrons. The lowest BCUT2D eigenvalue weighted by Gasteiger charge is -2.15. The van der Waals surface area contributed by atoms with Crippen LogP contribution in [-0.4, -0.2) is 19.9 Å². The first kappa shape index (κ1) is 25.7. The van der Waals surface area contributed by atoms with Crippen molar-refractivity contribution in [3.05, 3.63) is 158 Å². The predicted molar refractivity (Wildman–Crippen MR) is 180 cm³/mol. The highest BCUT2D eigenvalue weighted by Gasteiger charge is 2.15. The van der Waals surface area contributed by atoms with E-state index in [2.05, 4.69) is 89.9 Å². The molecular weight excluding hydrogens is 536 g/mol.